The van der Waals surface area contributed by atoms with Gasteiger partial charge >= 0.3 is 5.97 Å². The summed E-state index contributed by atoms with van der Waals surface area (Å²) < 4.78 is 35.9. The normalized spacial score (nSPS) is 11.8. The Morgan fingerprint density at radius 2 is 1.95 bits per heavy atom. The SMILES string of the molecule is COC(=O)c1cccc(OCC(O)c2ccc(F)c(F)c2)c1. The molecule has 0 aliphatic carbocycles. The molecule has 116 valence electrons. The van der Waals surface area contributed by atoms with E-state index in [9.17, 15) is 18.7 Å². The average molecular weight is 308 g/mol. The van der Waals surface area contributed by atoms with Crippen LogP contribution in [-0.2, 0) is 4.74 Å². The molecule has 4 nitrogen and oxygen atoms in total. The fourth-order valence-corrected chi connectivity index (χ4v) is 1.82. The lowest BCUT2D eigenvalue weighted by molar-refractivity contribution is 0.0600. The van der Waals surface area contributed by atoms with E-state index in [1.54, 1.807) is 18.2 Å². The number of halogens is 2. The first kappa shape index (κ1) is 15.9. The van der Waals surface area contributed by atoms with Crippen LogP contribution in [0.3, 0.4) is 0 Å². The summed E-state index contributed by atoms with van der Waals surface area (Å²) in [7, 11) is 1.27. The summed E-state index contributed by atoms with van der Waals surface area (Å²) in [6, 6.07) is 9.35. The highest BCUT2D eigenvalue weighted by Gasteiger charge is 2.12. The molecule has 0 aromatic heterocycles. The van der Waals surface area contributed by atoms with E-state index in [1.165, 1.54) is 19.2 Å². The third-order valence-electron chi connectivity index (χ3n) is 2.99. The topological polar surface area (TPSA) is 55.8 Å². The molecule has 0 amide bonds. The van der Waals surface area contributed by atoms with Crippen LogP contribution in [-0.4, -0.2) is 24.8 Å². The maximum Gasteiger partial charge on any atom is 0.337 e. The molecule has 0 saturated carbocycles. The number of benzene rings is 2. The van der Waals surface area contributed by atoms with Crippen molar-refractivity contribution in [1.82, 2.24) is 0 Å². The van der Waals surface area contributed by atoms with Crippen molar-refractivity contribution in [2.75, 3.05) is 13.7 Å². The van der Waals surface area contributed by atoms with Crippen molar-refractivity contribution < 1.29 is 28.2 Å². The minimum absolute atomic E-state index is 0.171. The predicted molar refractivity (Wildman–Crippen MR) is 74.6 cm³/mol. The van der Waals surface area contributed by atoms with Crippen molar-refractivity contribution >= 4 is 5.97 Å². The number of rotatable bonds is 5. The zero-order valence-electron chi connectivity index (χ0n) is 11.8. The highest BCUT2D eigenvalue weighted by atomic mass is 19.2. The lowest BCUT2D eigenvalue weighted by atomic mass is 10.1. The summed E-state index contributed by atoms with van der Waals surface area (Å²) >= 11 is 0. The Balaban J connectivity index is 2.03. The van der Waals surface area contributed by atoms with Gasteiger partial charge in [0.25, 0.3) is 0 Å². The largest absolute Gasteiger partial charge is 0.491 e. The van der Waals surface area contributed by atoms with Crippen LogP contribution in [0.1, 0.15) is 22.0 Å². The van der Waals surface area contributed by atoms with Gasteiger partial charge in [-0.2, -0.15) is 0 Å². The Hall–Kier alpha value is -2.47. The summed E-state index contributed by atoms with van der Waals surface area (Å²) in [5.74, 6) is -2.18. The van der Waals surface area contributed by atoms with Crippen LogP contribution in [0.15, 0.2) is 42.5 Å². The molecule has 0 aliphatic heterocycles. The minimum atomic E-state index is -1.13. The third-order valence-corrected chi connectivity index (χ3v) is 2.99. The highest BCUT2D eigenvalue weighted by Crippen LogP contribution is 2.19. The molecule has 1 unspecified atom stereocenters. The molecule has 1 atom stereocenters. The second-order valence-electron chi connectivity index (χ2n) is 4.52. The second-order valence-corrected chi connectivity index (χ2v) is 4.52. The molecule has 22 heavy (non-hydrogen) atoms. The van der Waals surface area contributed by atoms with E-state index in [4.69, 9.17) is 4.74 Å². The summed E-state index contributed by atoms with van der Waals surface area (Å²) in [6.07, 6.45) is -1.13. The minimum Gasteiger partial charge on any atom is -0.491 e. The van der Waals surface area contributed by atoms with Crippen molar-refractivity contribution in [2.24, 2.45) is 0 Å². The smallest absolute Gasteiger partial charge is 0.337 e. The Labute approximate surface area is 125 Å². The van der Waals surface area contributed by atoms with Crippen LogP contribution in [0.2, 0.25) is 0 Å². The summed E-state index contributed by atoms with van der Waals surface area (Å²) in [6.45, 7) is -0.171. The van der Waals surface area contributed by atoms with Gasteiger partial charge < -0.3 is 14.6 Å². The van der Waals surface area contributed by atoms with Crippen molar-refractivity contribution in [1.29, 1.82) is 0 Å². The van der Waals surface area contributed by atoms with Gasteiger partial charge in [0, 0.05) is 0 Å². The van der Waals surface area contributed by atoms with Crippen molar-refractivity contribution in [3.8, 4) is 5.75 Å². The molecule has 0 bridgehead atoms. The van der Waals surface area contributed by atoms with Gasteiger partial charge in [-0.1, -0.05) is 12.1 Å². The molecule has 0 heterocycles. The number of methoxy groups -OCH3 is 1. The third kappa shape index (κ3) is 3.79. The number of esters is 1. The zero-order valence-corrected chi connectivity index (χ0v) is 11.8. The fraction of sp³-hybridized carbons (Fsp3) is 0.188. The maximum absolute atomic E-state index is 13.1. The van der Waals surface area contributed by atoms with E-state index < -0.39 is 23.7 Å². The van der Waals surface area contributed by atoms with Crippen molar-refractivity contribution in [3.05, 3.63) is 65.2 Å². The number of ether oxygens (including phenoxy) is 2. The standard InChI is InChI=1S/C16H14F2O4/c1-21-16(20)11-3-2-4-12(7-11)22-9-15(19)10-5-6-13(17)14(18)8-10/h2-8,15,19H,9H2,1H3. The van der Waals surface area contributed by atoms with E-state index in [2.05, 4.69) is 4.74 Å². The van der Waals surface area contributed by atoms with E-state index >= 15 is 0 Å². The summed E-state index contributed by atoms with van der Waals surface area (Å²) in [5.41, 5.74) is 0.505. The number of hydrogen-bond acceptors (Lipinski definition) is 4. The van der Waals surface area contributed by atoms with Gasteiger partial charge in [0.1, 0.15) is 18.5 Å². The Bertz CT molecular complexity index is 673. The number of carbonyl (C=O) groups is 1. The van der Waals surface area contributed by atoms with Crippen LogP contribution in [0, 0.1) is 11.6 Å². The molecule has 1 N–H and O–H groups in total. The van der Waals surface area contributed by atoms with Crippen LogP contribution in [0.4, 0.5) is 8.78 Å². The van der Waals surface area contributed by atoms with Crippen molar-refractivity contribution in [3.63, 3.8) is 0 Å². The monoisotopic (exact) mass is 308 g/mol. The van der Waals surface area contributed by atoms with Crippen molar-refractivity contribution in [2.45, 2.75) is 6.10 Å². The molecule has 0 saturated heterocycles. The Morgan fingerprint density at radius 3 is 2.64 bits per heavy atom. The fourth-order valence-electron chi connectivity index (χ4n) is 1.82. The molecule has 6 heteroatoms. The molecule has 0 spiro atoms. The lowest BCUT2D eigenvalue weighted by Gasteiger charge is -2.13. The van der Waals surface area contributed by atoms with Crippen LogP contribution < -0.4 is 4.74 Å². The van der Waals surface area contributed by atoms with E-state index in [1.807, 2.05) is 0 Å². The molecule has 0 radical (unpaired) electrons. The molecular weight excluding hydrogens is 294 g/mol. The quantitative estimate of drug-likeness (QED) is 0.863. The number of carbonyl (C=O) groups excluding carboxylic acids is 1. The number of aliphatic hydroxyl groups is 1. The average Bonchev–Trinajstić information content (AvgIpc) is 2.54. The first-order chi connectivity index (χ1) is 10.5. The van der Waals surface area contributed by atoms with E-state index in [0.717, 1.165) is 12.1 Å². The lowest BCUT2D eigenvalue weighted by Crippen LogP contribution is -2.10. The Morgan fingerprint density at radius 1 is 1.18 bits per heavy atom. The van der Waals surface area contributed by atoms with Gasteiger partial charge in [0.2, 0.25) is 0 Å². The molecule has 2 aromatic carbocycles. The van der Waals surface area contributed by atoms with Gasteiger partial charge in [0.05, 0.1) is 12.7 Å². The predicted octanol–water partition coefficient (Wildman–Crippen LogP) is 2.86. The molecule has 0 aliphatic rings. The van der Waals surface area contributed by atoms with E-state index in [0.29, 0.717) is 11.3 Å². The summed E-state index contributed by atoms with van der Waals surface area (Å²) in [4.78, 5) is 11.4. The van der Waals surface area contributed by atoms with Crippen LogP contribution in [0.25, 0.3) is 0 Å². The van der Waals surface area contributed by atoms with Gasteiger partial charge in [-0.3, -0.25) is 0 Å². The van der Waals surface area contributed by atoms with Gasteiger partial charge in [-0.15, -0.1) is 0 Å². The van der Waals surface area contributed by atoms with Gasteiger partial charge in [-0.05, 0) is 35.9 Å². The number of aliphatic hydroxyl groups excluding tert-OH is 1. The van der Waals surface area contributed by atoms with E-state index in [-0.39, 0.29) is 12.2 Å². The first-order valence-corrected chi connectivity index (χ1v) is 6.45. The van der Waals surface area contributed by atoms with Crippen LogP contribution in [0.5, 0.6) is 5.75 Å². The van der Waals surface area contributed by atoms with Crippen LogP contribution >= 0.6 is 0 Å². The highest BCUT2D eigenvalue weighted by molar-refractivity contribution is 5.89. The molecule has 2 rings (SSSR count). The van der Waals surface area contributed by atoms with Gasteiger partial charge in [0.15, 0.2) is 11.6 Å². The molecular formula is C16H14F2O4. The van der Waals surface area contributed by atoms with Gasteiger partial charge in [-0.25, -0.2) is 13.6 Å². The maximum atomic E-state index is 13.1. The molecule has 0 fully saturated rings. The molecule has 2 aromatic rings. The first-order valence-electron chi connectivity index (χ1n) is 6.45. The number of hydrogen-bond donors (Lipinski definition) is 1. The second kappa shape index (κ2) is 7.00. The zero-order chi connectivity index (χ0) is 16.1. The Kier molecular flexibility index (Phi) is 5.06. The summed E-state index contributed by atoms with van der Waals surface area (Å²) in [5, 5.41) is 9.92.